The molecular formula is C13H16N2O2S. The summed E-state index contributed by atoms with van der Waals surface area (Å²) < 4.78 is 10.7. The molecule has 0 saturated heterocycles. The highest BCUT2D eigenvalue weighted by atomic mass is 32.2. The van der Waals surface area contributed by atoms with Gasteiger partial charge in [0.1, 0.15) is 11.5 Å². The van der Waals surface area contributed by atoms with Crippen molar-refractivity contribution in [3.8, 4) is 5.75 Å². The summed E-state index contributed by atoms with van der Waals surface area (Å²) in [5, 5.41) is 0.686. The molecule has 0 spiro atoms. The molecule has 0 aliphatic carbocycles. The van der Waals surface area contributed by atoms with E-state index in [1.807, 2.05) is 26.0 Å². The Morgan fingerprint density at radius 3 is 2.72 bits per heavy atom. The third-order valence-corrected chi connectivity index (χ3v) is 3.49. The fourth-order valence-electron chi connectivity index (χ4n) is 1.54. The van der Waals surface area contributed by atoms with E-state index in [4.69, 9.17) is 14.9 Å². The number of hydrogen-bond acceptors (Lipinski definition) is 5. The van der Waals surface area contributed by atoms with Crippen LogP contribution in [0.4, 0.5) is 5.69 Å². The fraction of sp³-hybridized carbons (Fsp3) is 0.308. The van der Waals surface area contributed by atoms with Crippen LogP contribution < -0.4 is 10.5 Å². The quantitative estimate of drug-likeness (QED) is 0.679. The highest BCUT2D eigenvalue weighted by molar-refractivity contribution is 7.98. The Morgan fingerprint density at radius 1 is 1.33 bits per heavy atom. The number of oxazole rings is 1. The van der Waals surface area contributed by atoms with Crippen LogP contribution in [0.2, 0.25) is 0 Å². The first-order valence-electron chi connectivity index (χ1n) is 5.58. The Labute approximate surface area is 111 Å². The molecule has 0 saturated carbocycles. The lowest BCUT2D eigenvalue weighted by Crippen LogP contribution is -1.91. The smallest absolute Gasteiger partial charge is 0.256 e. The van der Waals surface area contributed by atoms with Gasteiger partial charge in [-0.1, -0.05) is 11.8 Å². The lowest BCUT2D eigenvalue weighted by molar-refractivity contribution is 0.414. The minimum absolute atomic E-state index is 0.686. The SMILES string of the molecule is COc1cc(N)cc(CSc2nc(C)c(C)o2)c1. The Bertz CT molecular complexity index is 532. The van der Waals surface area contributed by atoms with Gasteiger partial charge in [-0.25, -0.2) is 4.98 Å². The van der Waals surface area contributed by atoms with E-state index in [9.17, 15) is 0 Å². The lowest BCUT2D eigenvalue weighted by atomic mass is 10.2. The highest BCUT2D eigenvalue weighted by Crippen LogP contribution is 2.27. The predicted octanol–water partition coefficient (Wildman–Crippen LogP) is 3.17. The van der Waals surface area contributed by atoms with Gasteiger partial charge in [-0.15, -0.1) is 0 Å². The molecular weight excluding hydrogens is 248 g/mol. The van der Waals surface area contributed by atoms with Crippen LogP contribution in [0.15, 0.2) is 27.8 Å². The second-order valence-corrected chi connectivity index (χ2v) is 4.95. The molecule has 0 amide bonds. The van der Waals surface area contributed by atoms with E-state index in [0.29, 0.717) is 10.9 Å². The average molecular weight is 264 g/mol. The molecule has 0 aliphatic rings. The zero-order chi connectivity index (χ0) is 13.1. The van der Waals surface area contributed by atoms with Gasteiger partial charge in [-0.2, -0.15) is 0 Å². The van der Waals surface area contributed by atoms with Gasteiger partial charge in [0.2, 0.25) is 0 Å². The van der Waals surface area contributed by atoms with Crippen LogP contribution in [0, 0.1) is 13.8 Å². The number of methoxy groups -OCH3 is 1. The number of nitrogens with zero attached hydrogens (tertiary/aromatic N) is 1. The molecule has 4 nitrogen and oxygen atoms in total. The summed E-state index contributed by atoms with van der Waals surface area (Å²) >= 11 is 1.55. The third-order valence-electron chi connectivity index (χ3n) is 2.60. The van der Waals surface area contributed by atoms with Crippen LogP contribution in [-0.2, 0) is 5.75 Å². The Morgan fingerprint density at radius 2 is 2.11 bits per heavy atom. The van der Waals surface area contributed by atoms with E-state index >= 15 is 0 Å². The van der Waals surface area contributed by atoms with Crippen molar-refractivity contribution in [2.45, 2.75) is 24.8 Å². The van der Waals surface area contributed by atoms with Crippen molar-refractivity contribution < 1.29 is 9.15 Å². The van der Waals surface area contributed by atoms with Crippen LogP contribution in [0.3, 0.4) is 0 Å². The molecule has 2 N–H and O–H groups in total. The van der Waals surface area contributed by atoms with Gasteiger partial charge >= 0.3 is 0 Å². The van der Waals surface area contributed by atoms with E-state index < -0.39 is 0 Å². The number of ether oxygens (including phenoxy) is 1. The minimum Gasteiger partial charge on any atom is -0.497 e. The molecule has 96 valence electrons. The van der Waals surface area contributed by atoms with Crippen LogP contribution in [0.25, 0.3) is 0 Å². The molecule has 2 aromatic rings. The summed E-state index contributed by atoms with van der Waals surface area (Å²) in [6.07, 6.45) is 0. The van der Waals surface area contributed by atoms with E-state index in [-0.39, 0.29) is 0 Å². The Balaban J connectivity index is 2.07. The number of rotatable bonds is 4. The van der Waals surface area contributed by atoms with Gasteiger partial charge in [-0.3, -0.25) is 0 Å². The number of hydrogen-bond donors (Lipinski definition) is 1. The van der Waals surface area contributed by atoms with E-state index in [2.05, 4.69) is 4.98 Å². The van der Waals surface area contributed by atoms with Crippen molar-refractivity contribution in [1.29, 1.82) is 0 Å². The van der Waals surface area contributed by atoms with Crippen molar-refractivity contribution in [2.75, 3.05) is 12.8 Å². The summed E-state index contributed by atoms with van der Waals surface area (Å²) in [6.45, 7) is 3.85. The van der Waals surface area contributed by atoms with Crippen molar-refractivity contribution in [2.24, 2.45) is 0 Å². The molecule has 0 aliphatic heterocycles. The Kier molecular flexibility index (Phi) is 3.81. The molecule has 0 unspecified atom stereocenters. The third kappa shape index (κ3) is 2.98. The fourth-order valence-corrected chi connectivity index (χ4v) is 2.38. The summed E-state index contributed by atoms with van der Waals surface area (Å²) in [6, 6.07) is 5.69. The topological polar surface area (TPSA) is 61.3 Å². The molecule has 1 aromatic carbocycles. The van der Waals surface area contributed by atoms with Gasteiger partial charge in [0.05, 0.1) is 12.8 Å². The highest BCUT2D eigenvalue weighted by Gasteiger charge is 2.07. The first kappa shape index (κ1) is 12.8. The first-order chi connectivity index (χ1) is 8.58. The number of nitrogens with two attached hydrogens (primary N) is 1. The zero-order valence-electron chi connectivity index (χ0n) is 10.7. The van der Waals surface area contributed by atoms with Crippen molar-refractivity contribution in [3.05, 3.63) is 35.2 Å². The molecule has 0 atom stereocenters. The number of thioether (sulfide) groups is 1. The molecule has 1 aromatic heterocycles. The number of aromatic nitrogens is 1. The standard InChI is InChI=1S/C13H16N2O2S/c1-8-9(2)17-13(15-8)18-7-10-4-11(14)6-12(5-10)16-3/h4-6H,7,14H2,1-3H3. The van der Waals surface area contributed by atoms with E-state index in [1.54, 1.807) is 24.9 Å². The number of anilines is 1. The summed E-state index contributed by atoms with van der Waals surface area (Å²) in [7, 11) is 1.63. The average Bonchev–Trinajstić information content (AvgIpc) is 2.65. The molecule has 1 heterocycles. The monoisotopic (exact) mass is 264 g/mol. The predicted molar refractivity (Wildman–Crippen MR) is 72.9 cm³/mol. The van der Waals surface area contributed by atoms with Crippen molar-refractivity contribution >= 4 is 17.4 Å². The van der Waals surface area contributed by atoms with Gasteiger partial charge in [0.15, 0.2) is 0 Å². The van der Waals surface area contributed by atoms with Gasteiger partial charge in [-0.05, 0) is 31.5 Å². The van der Waals surface area contributed by atoms with Gasteiger partial charge in [0, 0.05) is 17.5 Å². The number of aryl methyl sites for hydroxylation is 2. The van der Waals surface area contributed by atoms with E-state index in [1.165, 1.54) is 0 Å². The number of benzene rings is 1. The van der Waals surface area contributed by atoms with Crippen LogP contribution in [0.5, 0.6) is 5.75 Å². The second-order valence-electron chi connectivity index (χ2n) is 4.02. The van der Waals surface area contributed by atoms with Crippen molar-refractivity contribution in [3.63, 3.8) is 0 Å². The molecule has 5 heteroatoms. The van der Waals surface area contributed by atoms with Crippen molar-refractivity contribution in [1.82, 2.24) is 4.98 Å². The summed E-state index contributed by atoms with van der Waals surface area (Å²) in [5.41, 5.74) is 8.52. The lowest BCUT2D eigenvalue weighted by Gasteiger charge is -2.05. The normalized spacial score (nSPS) is 10.6. The molecule has 0 fully saturated rings. The molecule has 18 heavy (non-hydrogen) atoms. The number of nitrogen functional groups attached to an aromatic ring is 1. The van der Waals surface area contributed by atoms with Crippen LogP contribution in [-0.4, -0.2) is 12.1 Å². The molecule has 0 bridgehead atoms. The van der Waals surface area contributed by atoms with Crippen LogP contribution >= 0.6 is 11.8 Å². The van der Waals surface area contributed by atoms with Crippen LogP contribution in [0.1, 0.15) is 17.0 Å². The van der Waals surface area contributed by atoms with Gasteiger partial charge in [0.25, 0.3) is 5.22 Å². The Hall–Kier alpha value is -1.62. The molecule has 0 radical (unpaired) electrons. The maximum absolute atomic E-state index is 5.80. The van der Waals surface area contributed by atoms with E-state index in [0.717, 1.165) is 28.5 Å². The minimum atomic E-state index is 0.686. The summed E-state index contributed by atoms with van der Waals surface area (Å²) in [4.78, 5) is 4.32. The van der Waals surface area contributed by atoms with Gasteiger partial charge < -0.3 is 14.9 Å². The first-order valence-corrected chi connectivity index (χ1v) is 6.57. The zero-order valence-corrected chi connectivity index (χ0v) is 11.5. The second kappa shape index (κ2) is 5.35. The maximum atomic E-state index is 5.80. The largest absolute Gasteiger partial charge is 0.497 e. The molecule has 2 rings (SSSR count). The maximum Gasteiger partial charge on any atom is 0.256 e. The summed E-state index contributed by atoms with van der Waals surface area (Å²) in [5.74, 6) is 2.38.